The summed E-state index contributed by atoms with van der Waals surface area (Å²) in [6.45, 7) is 0.391. The molecule has 1 amide bonds. The number of fused-ring (bicyclic) bond motifs is 1. The SMILES string of the molecule is Cn1ccnc1CN1C(=O)CCc2cc(C(=O)O)ccc21. The molecule has 108 valence electrons. The molecule has 21 heavy (non-hydrogen) atoms. The van der Waals surface area contributed by atoms with Gasteiger partial charge in [0.1, 0.15) is 5.82 Å². The number of aryl methyl sites for hydroxylation is 2. The van der Waals surface area contributed by atoms with Crippen molar-refractivity contribution in [3.8, 4) is 0 Å². The van der Waals surface area contributed by atoms with Crippen molar-refractivity contribution in [2.45, 2.75) is 19.4 Å². The highest BCUT2D eigenvalue weighted by molar-refractivity contribution is 5.97. The fourth-order valence-electron chi connectivity index (χ4n) is 2.56. The van der Waals surface area contributed by atoms with Crippen LogP contribution in [0.25, 0.3) is 0 Å². The lowest BCUT2D eigenvalue weighted by molar-refractivity contribution is -0.119. The maximum Gasteiger partial charge on any atom is 0.335 e. The molecule has 0 fully saturated rings. The average molecular weight is 285 g/mol. The number of hydrogen-bond acceptors (Lipinski definition) is 3. The highest BCUT2D eigenvalue weighted by Crippen LogP contribution is 2.29. The summed E-state index contributed by atoms with van der Waals surface area (Å²) >= 11 is 0. The van der Waals surface area contributed by atoms with Crippen molar-refractivity contribution in [1.82, 2.24) is 9.55 Å². The third-order valence-electron chi connectivity index (χ3n) is 3.75. The molecule has 0 saturated carbocycles. The molecule has 1 aliphatic heterocycles. The molecule has 1 N–H and O–H groups in total. The molecule has 1 aliphatic rings. The molecular formula is C15H15N3O3. The Kier molecular flexibility index (Phi) is 3.21. The minimum Gasteiger partial charge on any atom is -0.478 e. The number of nitrogens with zero attached hydrogens (tertiary/aromatic N) is 3. The second kappa shape index (κ2) is 5.05. The third-order valence-corrected chi connectivity index (χ3v) is 3.75. The number of hydrogen-bond donors (Lipinski definition) is 1. The Morgan fingerprint density at radius 1 is 1.38 bits per heavy atom. The van der Waals surface area contributed by atoms with E-state index in [-0.39, 0.29) is 11.5 Å². The van der Waals surface area contributed by atoms with Crippen molar-refractivity contribution >= 4 is 17.6 Å². The van der Waals surface area contributed by atoms with Crippen molar-refractivity contribution in [1.29, 1.82) is 0 Å². The lowest BCUT2D eigenvalue weighted by Crippen LogP contribution is -2.35. The molecule has 0 atom stereocenters. The van der Waals surface area contributed by atoms with Crippen LogP contribution in [0.4, 0.5) is 5.69 Å². The summed E-state index contributed by atoms with van der Waals surface area (Å²) in [4.78, 5) is 29.1. The van der Waals surface area contributed by atoms with Gasteiger partial charge in [0.25, 0.3) is 0 Å². The summed E-state index contributed by atoms with van der Waals surface area (Å²) in [5.74, 6) is -0.127. The van der Waals surface area contributed by atoms with Crippen LogP contribution in [0, 0.1) is 0 Å². The summed E-state index contributed by atoms with van der Waals surface area (Å²) in [7, 11) is 1.88. The van der Waals surface area contributed by atoms with Crippen LogP contribution in [-0.2, 0) is 24.8 Å². The van der Waals surface area contributed by atoms with Crippen LogP contribution in [0.3, 0.4) is 0 Å². The Bertz CT molecular complexity index is 721. The Balaban J connectivity index is 1.97. The van der Waals surface area contributed by atoms with Gasteiger partial charge in [-0.25, -0.2) is 9.78 Å². The first kappa shape index (κ1) is 13.4. The highest BCUT2D eigenvalue weighted by atomic mass is 16.4. The van der Waals surface area contributed by atoms with Gasteiger partial charge in [0.05, 0.1) is 12.1 Å². The molecule has 1 aromatic carbocycles. The molecule has 0 saturated heterocycles. The summed E-state index contributed by atoms with van der Waals surface area (Å²) in [6.07, 6.45) is 4.49. The quantitative estimate of drug-likeness (QED) is 0.929. The Morgan fingerprint density at radius 2 is 2.19 bits per heavy atom. The van der Waals surface area contributed by atoms with Crippen LogP contribution in [0.1, 0.15) is 28.2 Å². The smallest absolute Gasteiger partial charge is 0.335 e. The van der Waals surface area contributed by atoms with Gasteiger partial charge in [-0.1, -0.05) is 0 Å². The number of imidazole rings is 1. The summed E-state index contributed by atoms with van der Waals surface area (Å²) in [5.41, 5.74) is 1.92. The van der Waals surface area contributed by atoms with Crippen LogP contribution >= 0.6 is 0 Å². The number of carboxylic acids is 1. The van der Waals surface area contributed by atoms with Gasteiger partial charge < -0.3 is 14.6 Å². The van der Waals surface area contributed by atoms with Gasteiger partial charge in [0.15, 0.2) is 0 Å². The zero-order valence-corrected chi connectivity index (χ0v) is 11.6. The molecule has 3 rings (SSSR count). The van der Waals surface area contributed by atoms with Crippen molar-refractivity contribution in [3.63, 3.8) is 0 Å². The van der Waals surface area contributed by atoms with E-state index in [9.17, 15) is 9.59 Å². The molecule has 0 spiro atoms. The molecule has 0 unspecified atom stereocenters. The van der Waals surface area contributed by atoms with E-state index in [1.807, 2.05) is 17.8 Å². The van der Waals surface area contributed by atoms with Crippen molar-refractivity contribution in [2.24, 2.45) is 7.05 Å². The maximum atomic E-state index is 12.2. The maximum absolute atomic E-state index is 12.2. The fraction of sp³-hybridized carbons (Fsp3) is 0.267. The van der Waals surface area contributed by atoms with Gasteiger partial charge in [-0.15, -0.1) is 0 Å². The van der Waals surface area contributed by atoms with Gasteiger partial charge in [-0.2, -0.15) is 0 Å². The Morgan fingerprint density at radius 3 is 2.86 bits per heavy atom. The zero-order chi connectivity index (χ0) is 15.0. The first-order chi connectivity index (χ1) is 10.1. The Labute approximate surface area is 121 Å². The lowest BCUT2D eigenvalue weighted by Gasteiger charge is -2.29. The second-order valence-corrected chi connectivity index (χ2v) is 5.08. The van der Waals surface area contributed by atoms with E-state index >= 15 is 0 Å². The molecule has 2 heterocycles. The van der Waals surface area contributed by atoms with E-state index in [1.165, 1.54) is 6.07 Å². The van der Waals surface area contributed by atoms with E-state index < -0.39 is 5.97 Å². The van der Waals surface area contributed by atoms with Crippen LogP contribution < -0.4 is 4.90 Å². The molecule has 0 bridgehead atoms. The van der Waals surface area contributed by atoms with Gasteiger partial charge in [-0.3, -0.25) is 4.79 Å². The second-order valence-electron chi connectivity index (χ2n) is 5.08. The predicted molar refractivity (Wildman–Crippen MR) is 76.1 cm³/mol. The van der Waals surface area contributed by atoms with E-state index in [0.717, 1.165) is 17.1 Å². The first-order valence-electron chi connectivity index (χ1n) is 6.69. The first-order valence-corrected chi connectivity index (χ1v) is 6.69. The monoisotopic (exact) mass is 285 g/mol. The summed E-state index contributed by atoms with van der Waals surface area (Å²) in [6, 6.07) is 4.89. The number of benzene rings is 1. The van der Waals surface area contributed by atoms with Crippen molar-refractivity contribution in [2.75, 3.05) is 4.90 Å². The minimum absolute atomic E-state index is 0.0357. The van der Waals surface area contributed by atoms with Crippen molar-refractivity contribution in [3.05, 3.63) is 47.5 Å². The fourth-order valence-corrected chi connectivity index (χ4v) is 2.56. The molecule has 1 aromatic heterocycles. The van der Waals surface area contributed by atoms with Crippen LogP contribution in [0.2, 0.25) is 0 Å². The van der Waals surface area contributed by atoms with E-state index in [2.05, 4.69) is 4.98 Å². The minimum atomic E-state index is -0.953. The summed E-state index contributed by atoms with van der Waals surface area (Å²) < 4.78 is 1.87. The van der Waals surface area contributed by atoms with Crippen LogP contribution in [0.5, 0.6) is 0 Å². The normalized spacial score (nSPS) is 14.1. The molecule has 6 nitrogen and oxygen atoms in total. The van der Waals surface area contributed by atoms with Crippen LogP contribution in [-0.4, -0.2) is 26.5 Å². The molecule has 2 aromatic rings. The third kappa shape index (κ3) is 2.40. The molecular weight excluding hydrogens is 270 g/mol. The average Bonchev–Trinajstić information content (AvgIpc) is 2.87. The zero-order valence-electron chi connectivity index (χ0n) is 11.6. The van der Waals surface area contributed by atoms with Crippen molar-refractivity contribution < 1.29 is 14.7 Å². The number of anilines is 1. The van der Waals surface area contributed by atoms with Gasteiger partial charge in [0, 0.05) is 31.5 Å². The van der Waals surface area contributed by atoms with Gasteiger partial charge >= 0.3 is 5.97 Å². The van der Waals surface area contributed by atoms with E-state index in [0.29, 0.717) is 19.4 Å². The number of carboxylic acid groups (broad SMARTS) is 1. The molecule has 6 heteroatoms. The van der Waals surface area contributed by atoms with Gasteiger partial charge in [0.2, 0.25) is 5.91 Å². The van der Waals surface area contributed by atoms with Gasteiger partial charge in [-0.05, 0) is 30.2 Å². The summed E-state index contributed by atoms with van der Waals surface area (Å²) in [5, 5.41) is 9.05. The lowest BCUT2D eigenvalue weighted by atomic mass is 9.98. The topological polar surface area (TPSA) is 75.4 Å². The number of rotatable bonds is 3. The Hall–Kier alpha value is -2.63. The highest BCUT2D eigenvalue weighted by Gasteiger charge is 2.26. The number of aromatic nitrogens is 2. The van der Waals surface area contributed by atoms with Crippen LogP contribution in [0.15, 0.2) is 30.6 Å². The molecule has 0 aliphatic carbocycles. The molecule has 0 radical (unpaired) electrons. The number of aromatic carboxylic acids is 1. The predicted octanol–water partition coefficient (Wildman–Crippen LogP) is 1.60. The van der Waals surface area contributed by atoms with E-state index in [4.69, 9.17) is 5.11 Å². The number of carbonyl (C=O) groups is 2. The standard InChI is InChI=1S/C15H15N3O3/c1-17-7-6-16-13(17)9-18-12-4-2-11(15(20)21)8-10(12)3-5-14(18)19/h2,4,6-8H,3,5,9H2,1H3,(H,20,21). The largest absolute Gasteiger partial charge is 0.478 e. The van der Waals surface area contributed by atoms with E-state index in [1.54, 1.807) is 23.2 Å². The number of carbonyl (C=O) groups excluding carboxylic acids is 1. The number of amides is 1.